The number of nitrogens with two attached hydrogens (primary N) is 1. The van der Waals surface area contributed by atoms with Gasteiger partial charge in [-0.25, -0.2) is 0 Å². The topological polar surface area (TPSA) is 55.5 Å². The molecule has 0 aliphatic carbocycles. The molecule has 0 saturated heterocycles. The van der Waals surface area contributed by atoms with Crippen molar-refractivity contribution in [2.75, 3.05) is 13.7 Å². The van der Waals surface area contributed by atoms with Crippen molar-refractivity contribution in [1.29, 1.82) is 0 Å². The van der Waals surface area contributed by atoms with E-state index in [0.29, 0.717) is 18.9 Å². The first-order valence-corrected chi connectivity index (χ1v) is 5.19. The van der Waals surface area contributed by atoms with Gasteiger partial charge in [0.05, 0.1) is 13.2 Å². The first-order chi connectivity index (χ1) is 7.17. The van der Waals surface area contributed by atoms with E-state index in [2.05, 4.69) is 6.92 Å². The molecule has 1 rings (SSSR count). The number of rotatable bonds is 5. The van der Waals surface area contributed by atoms with Gasteiger partial charge in [-0.1, -0.05) is 19.1 Å². The first-order valence-electron chi connectivity index (χ1n) is 5.19. The van der Waals surface area contributed by atoms with E-state index in [4.69, 9.17) is 10.5 Å². The Bertz CT molecular complexity index is 284. The molecule has 0 heterocycles. The molecule has 84 valence electrons. The van der Waals surface area contributed by atoms with Crippen LogP contribution in [-0.4, -0.2) is 24.9 Å². The zero-order chi connectivity index (χ0) is 11.3. The van der Waals surface area contributed by atoms with Crippen LogP contribution in [0.3, 0.4) is 0 Å². The Morgan fingerprint density at radius 3 is 2.40 bits per heavy atom. The van der Waals surface area contributed by atoms with E-state index in [1.54, 1.807) is 7.11 Å². The molecule has 1 aromatic carbocycles. The lowest BCUT2D eigenvalue weighted by Gasteiger charge is -2.15. The fourth-order valence-corrected chi connectivity index (χ4v) is 1.57. The maximum absolute atomic E-state index is 9.44. The van der Waals surface area contributed by atoms with Gasteiger partial charge in [0.25, 0.3) is 0 Å². The van der Waals surface area contributed by atoms with Crippen molar-refractivity contribution < 1.29 is 9.84 Å². The summed E-state index contributed by atoms with van der Waals surface area (Å²) in [6, 6.07) is 7.90. The Labute approximate surface area is 90.9 Å². The molecule has 0 spiro atoms. The lowest BCUT2D eigenvalue weighted by Crippen LogP contribution is -2.21. The zero-order valence-corrected chi connectivity index (χ0v) is 9.31. The van der Waals surface area contributed by atoms with Gasteiger partial charge < -0.3 is 15.6 Å². The van der Waals surface area contributed by atoms with Crippen molar-refractivity contribution in [3.8, 4) is 5.75 Å². The number of benzene rings is 1. The molecular weight excluding hydrogens is 190 g/mol. The maximum Gasteiger partial charge on any atom is 0.118 e. The molecule has 0 radical (unpaired) electrons. The summed E-state index contributed by atoms with van der Waals surface area (Å²) in [5.74, 6) is 1.17. The van der Waals surface area contributed by atoms with Crippen LogP contribution in [-0.2, 0) is 0 Å². The highest BCUT2D eigenvalue weighted by molar-refractivity contribution is 5.29. The third-order valence-corrected chi connectivity index (χ3v) is 2.58. The number of hydrogen-bond donors (Lipinski definition) is 2. The van der Waals surface area contributed by atoms with Gasteiger partial charge in [0.1, 0.15) is 5.75 Å². The Balaban J connectivity index is 2.61. The predicted octanol–water partition coefficient (Wildman–Crippen LogP) is 1.51. The predicted molar refractivity (Wildman–Crippen MR) is 61.1 cm³/mol. The van der Waals surface area contributed by atoms with Crippen LogP contribution in [0.1, 0.15) is 24.8 Å². The van der Waals surface area contributed by atoms with Crippen LogP contribution in [0.15, 0.2) is 24.3 Å². The number of aliphatic hydroxyl groups is 1. The first kappa shape index (κ1) is 12.0. The highest BCUT2D eigenvalue weighted by Gasteiger charge is 2.10. The van der Waals surface area contributed by atoms with Gasteiger partial charge in [-0.05, 0) is 30.0 Å². The number of methoxy groups -OCH3 is 1. The molecule has 0 aliphatic rings. The Hall–Kier alpha value is -1.06. The van der Waals surface area contributed by atoms with E-state index in [1.165, 1.54) is 5.56 Å². The fraction of sp³-hybridized carbons (Fsp3) is 0.500. The number of aliphatic hydroxyl groups excluding tert-OH is 1. The molecule has 3 nitrogen and oxygen atoms in total. The SMILES string of the molecule is COc1ccc(C(C)CC(O)CN)cc1. The van der Waals surface area contributed by atoms with Gasteiger partial charge >= 0.3 is 0 Å². The molecule has 0 aromatic heterocycles. The average molecular weight is 209 g/mol. The molecule has 15 heavy (non-hydrogen) atoms. The smallest absolute Gasteiger partial charge is 0.118 e. The van der Waals surface area contributed by atoms with Crippen molar-refractivity contribution in [3.63, 3.8) is 0 Å². The quantitative estimate of drug-likeness (QED) is 0.772. The number of ether oxygens (including phenoxy) is 1. The molecule has 2 atom stereocenters. The monoisotopic (exact) mass is 209 g/mol. The molecule has 0 bridgehead atoms. The van der Waals surface area contributed by atoms with Crippen LogP contribution in [0, 0.1) is 0 Å². The van der Waals surface area contributed by atoms with Gasteiger partial charge in [0.2, 0.25) is 0 Å². The normalized spacial score (nSPS) is 14.7. The molecular formula is C12H19NO2. The third kappa shape index (κ3) is 3.53. The zero-order valence-electron chi connectivity index (χ0n) is 9.31. The maximum atomic E-state index is 9.44. The fourth-order valence-electron chi connectivity index (χ4n) is 1.57. The van der Waals surface area contributed by atoms with Crippen molar-refractivity contribution in [2.24, 2.45) is 5.73 Å². The van der Waals surface area contributed by atoms with E-state index < -0.39 is 6.10 Å². The molecule has 0 fully saturated rings. The van der Waals surface area contributed by atoms with E-state index in [0.717, 1.165) is 5.75 Å². The van der Waals surface area contributed by atoms with Crippen LogP contribution in [0.4, 0.5) is 0 Å². The third-order valence-electron chi connectivity index (χ3n) is 2.58. The summed E-state index contributed by atoms with van der Waals surface area (Å²) in [6.45, 7) is 2.40. The lowest BCUT2D eigenvalue weighted by molar-refractivity contribution is 0.165. The molecule has 2 unspecified atom stereocenters. The minimum absolute atomic E-state index is 0.314. The molecule has 0 saturated carbocycles. The van der Waals surface area contributed by atoms with Crippen LogP contribution < -0.4 is 10.5 Å². The summed E-state index contributed by atoms with van der Waals surface area (Å²) >= 11 is 0. The minimum atomic E-state index is -0.415. The summed E-state index contributed by atoms with van der Waals surface area (Å²) in [4.78, 5) is 0. The molecule has 3 N–H and O–H groups in total. The Kier molecular flexibility index (Phi) is 4.59. The summed E-state index contributed by atoms with van der Waals surface area (Å²) in [6.07, 6.45) is 0.283. The van der Waals surface area contributed by atoms with Crippen molar-refractivity contribution in [1.82, 2.24) is 0 Å². The van der Waals surface area contributed by atoms with E-state index >= 15 is 0 Å². The molecule has 0 aliphatic heterocycles. The molecule has 0 amide bonds. The summed E-state index contributed by atoms with van der Waals surface area (Å²) in [5.41, 5.74) is 6.57. The highest BCUT2D eigenvalue weighted by Crippen LogP contribution is 2.22. The second-order valence-electron chi connectivity index (χ2n) is 3.80. The van der Waals surface area contributed by atoms with Gasteiger partial charge in [0.15, 0.2) is 0 Å². The van der Waals surface area contributed by atoms with Crippen LogP contribution in [0.5, 0.6) is 5.75 Å². The summed E-state index contributed by atoms with van der Waals surface area (Å²) < 4.78 is 5.08. The highest BCUT2D eigenvalue weighted by atomic mass is 16.5. The van der Waals surface area contributed by atoms with E-state index in [1.807, 2.05) is 24.3 Å². The van der Waals surface area contributed by atoms with E-state index in [9.17, 15) is 5.11 Å². The summed E-state index contributed by atoms with van der Waals surface area (Å²) in [5, 5.41) is 9.44. The largest absolute Gasteiger partial charge is 0.497 e. The molecule has 3 heteroatoms. The molecule has 1 aromatic rings. The van der Waals surface area contributed by atoms with Gasteiger partial charge in [-0.15, -0.1) is 0 Å². The van der Waals surface area contributed by atoms with Crippen LogP contribution in [0.25, 0.3) is 0 Å². The van der Waals surface area contributed by atoms with E-state index in [-0.39, 0.29) is 0 Å². The van der Waals surface area contributed by atoms with Gasteiger partial charge in [-0.2, -0.15) is 0 Å². The van der Waals surface area contributed by atoms with Gasteiger partial charge in [-0.3, -0.25) is 0 Å². The van der Waals surface area contributed by atoms with Crippen LogP contribution >= 0.6 is 0 Å². The van der Waals surface area contributed by atoms with Crippen LogP contribution in [0.2, 0.25) is 0 Å². The van der Waals surface area contributed by atoms with Gasteiger partial charge in [0, 0.05) is 6.54 Å². The summed E-state index contributed by atoms with van der Waals surface area (Å²) in [7, 11) is 1.65. The van der Waals surface area contributed by atoms with Crippen molar-refractivity contribution >= 4 is 0 Å². The second kappa shape index (κ2) is 5.73. The standard InChI is InChI=1S/C12H19NO2/c1-9(7-11(14)8-13)10-3-5-12(15-2)6-4-10/h3-6,9,11,14H,7-8,13H2,1-2H3. The van der Waals surface area contributed by atoms with Crippen molar-refractivity contribution in [3.05, 3.63) is 29.8 Å². The lowest BCUT2D eigenvalue weighted by atomic mass is 9.95. The minimum Gasteiger partial charge on any atom is -0.497 e. The number of hydrogen-bond acceptors (Lipinski definition) is 3. The average Bonchev–Trinajstić information content (AvgIpc) is 2.29. The Morgan fingerprint density at radius 1 is 1.33 bits per heavy atom. The van der Waals surface area contributed by atoms with Crippen molar-refractivity contribution in [2.45, 2.75) is 25.4 Å². The Morgan fingerprint density at radius 2 is 1.93 bits per heavy atom. The second-order valence-corrected chi connectivity index (χ2v) is 3.80.